The molecule has 2 aliphatic rings. The Hall–Kier alpha value is -0.120. The van der Waals surface area contributed by atoms with Crippen molar-refractivity contribution >= 4 is 0 Å². The van der Waals surface area contributed by atoms with E-state index in [1.165, 1.54) is 19.3 Å². The van der Waals surface area contributed by atoms with Crippen molar-refractivity contribution in [3.63, 3.8) is 0 Å². The van der Waals surface area contributed by atoms with Crippen molar-refractivity contribution in [1.82, 2.24) is 4.90 Å². The molecule has 0 aromatic rings. The fraction of sp³-hybridized carbons (Fsp3) is 1.00. The molecule has 1 N–H and O–H groups in total. The molecule has 3 heteroatoms. The van der Waals surface area contributed by atoms with Gasteiger partial charge in [0.15, 0.2) is 0 Å². The topological polar surface area (TPSA) is 32.7 Å². The van der Waals surface area contributed by atoms with Crippen molar-refractivity contribution in [1.29, 1.82) is 0 Å². The molecule has 0 bridgehead atoms. The molecule has 0 spiro atoms. The molecule has 3 nitrogen and oxygen atoms in total. The summed E-state index contributed by atoms with van der Waals surface area (Å²) in [7, 11) is 1.79. The predicted molar refractivity (Wildman–Crippen MR) is 55.2 cm³/mol. The Morgan fingerprint density at radius 3 is 2.71 bits per heavy atom. The van der Waals surface area contributed by atoms with Crippen LogP contribution in [0.2, 0.25) is 0 Å². The number of likely N-dealkylation sites (tertiary alicyclic amines) is 1. The first-order valence-electron chi connectivity index (χ1n) is 5.76. The average Bonchev–Trinajstić information content (AvgIpc) is 2.65. The summed E-state index contributed by atoms with van der Waals surface area (Å²) in [6, 6.07) is 0.410. The highest BCUT2D eigenvalue weighted by atomic mass is 16.5. The Balaban J connectivity index is 1.90. The van der Waals surface area contributed by atoms with Gasteiger partial charge in [-0.15, -0.1) is 0 Å². The zero-order chi connectivity index (χ0) is 9.97. The van der Waals surface area contributed by atoms with Crippen LogP contribution in [-0.4, -0.2) is 48.5 Å². The quantitative estimate of drug-likeness (QED) is 0.720. The molecule has 2 fully saturated rings. The number of aliphatic hydroxyl groups excluding tert-OH is 1. The minimum Gasteiger partial charge on any atom is -0.391 e. The third-order valence-electron chi connectivity index (χ3n) is 3.66. The standard InChI is InChI=1S/C11H21NO2/c1-14-9-4-3-7-12(8-9)10-5-2-6-11(10)13/h9-11,13H,2-8H2,1H3/t9?,10-,11-/m0/s1. The van der Waals surface area contributed by atoms with Gasteiger partial charge in [0.05, 0.1) is 12.2 Å². The van der Waals surface area contributed by atoms with Crippen molar-refractivity contribution in [3.05, 3.63) is 0 Å². The zero-order valence-electron chi connectivity index (χ0n) is 8.98. The summed E-state index contributed by atoms with van der Waals surface area (Å²) in [5.41, 5.74) is 0. The summed E-state index contributed by atoms with van der Waals surface area (Å²) in [5.74, 6) is 0. The van der Waals surface area contributed by atoms with Crippen LogP contribution in [0.4, 0.5) is 0 Å². The van der Waals surface area contributed by atoms with Crippen molar-refractivity contribution in [2.75, 3.05) is 20.2 Å². The Morgan fingerprint density at radius 1 is 1.21 bits per heavy atom. The van der Waals surface area contributed by atoms with Crippen molar-refractivity contribution in [2.24, 2.45) is 0 Å². The number of hydrogen-bond acceptors (Lipinski definition) is 3. The van der Waals surface area contributed by atoms with E-state index >= 15 is 0 Å². The van der Waals surface area contributed by atoms with Crippen molar-refractivity contribution in [2.45, 2.75) is 50.4 Å². The molecule has 1 heterocycles. The van der Waals surface area contributed by atoms with Crippen LogP contribution in [0, 0.1) is 0 Å². The maximum Gasteiger partial charge on any atom is 0.0698 e. The fourth-order valence-electron chi connectivity index (χ4n) is 2.81. The molecule has 2 rings (SSSR count). The second kappa shape index (κ2) is 4.60. The minimum atomic E-state index is -0.0920. The summed E-state index contributed by atoms with van der Waals surface area (Å²) in [6.45, 7) is 2.15. The van der Waals surface area contributed by atoms with Gasteiger partial charge in [-0.25, -0.2) is 0 Å². The average molecular weight is 199 g/mol. The van der Waals surface area contributed by atoms with Gasteiger partial charge >= 0.3 is 0 Å². The van der Waals surface area contributed by atoms with Crippen LogP contribution >= 0.6 is 0 Å². The van der Waals surface area contributed by atoms with Crippen LogP contribution in [-0.2, 0) is 4.74 Å². The minimum absolute atomic E-state index is 0.0920. The third-order valence-corrected chi connectivity index (χ3v) is 3.66. The monoisotopic (exact) mass is 199 g/mol. The fourth-order valence-corrected chi connectivity index (χ4v) is 2.81. The van der Waals surface area contributed by atoms with Crippen LogP contribution in [0.1, 0.15) is 32.1 Å². The molecule has 0 amide bonds. The molecule has 3 atom stereocenters. The summed E-state index contributed by atoms with van der Waals surface area (Å²) in [6.07, 6.45) is 6.01. The molecule has 1 saturated heterocycles. The van der Waals surface area contributed by atoms with E-state index in [0.29, 0.717) is 12.1 Å². The number of rotatable bonds is 2. The summed E-state index contributed by atoms with van der Waals surface area (Å²) >= 11 is 0. The first kappa shape index (κ1) is 10.4. The SMILES string of the molecule is COC1CCCN([C@H]2CCC[C@@H]2O)C1. The number of piperidine rings is 1. The summed E-state index contributed by atoms with van der Waals surface area (Å²) < 4.78 is 5.39. The van der Waals surface area contributed by atoms with Crippen LogP contribution < -0.4 is 0 Å². The van der Waals surface area contributed by atoms with E-state index in [1.807, 2.05) is 0 Å². The van der Waals surface area contributed by atoms with Gasteiger partial charge < -0.3 is 9.84 Å². The molecule has 0 aromatic carbocycles. The molecule has 1 saturated carbocycles. The maximum atomic E-state index is 9.82. The molecular formula is C11H21NO2. The van der Waals surface area contributed by atoms with Gasteiger partial charge in [0.2, 0.25) is 0 Å². The van der Waals surface area contributed by atoms with Gasteiger partial charge in [0, 0.05) is 19.7 Å². The van der Waals surface area contributed by atoms with Gasteiger partial charge in [-0.1, -0.05) is 0 Å². The smallest absolute Gasteiger partial charge is 0.0698 e. The highest BCUT2D eigenvalue weighted by Gasteiger charge is 2.33. The lowest BCUT2D eigenvalue weighted by molar-refractivity contribution is -0.00980. The van der Waals surface area contributed by atoms with Gasteiger partial charge in [0.1, 0.15) is 0 Å². The van der Waals surface area contributed by atoms with E-state index < -0.39 is 0 Å². The lowest BCUT2D eigenvalue weighted by Crippen LogP contribution is -2.48. The zero-order valence-corrected chi connectivity index (χ0v) is 8.98. The van der Waals surface area contributed by atoms with Crippen LogP contribution in [0.25, 0.3) is 0 Å². The van der Waals surface area contributed by atoms with Crippen molar-refractivity contribution < 1.29 is 9.84 Å². The maximum absolute atomic E-state index is 9.82. The van der Waals surface area contributed by atoms with Gasteiger partial charge in [-0.3, -0.25) is 4.90 Å². The van der Waals surface area contributed by atoms with Gasteiger partial charge in [-0.05, 0) is 38.6 Å². The van der Waals surface area contributed by atoms with E-state index in [1.54, 1.807) is 7.11 Å². The molecule has 1 aliphatic carbocycles. The van der Waals surface area contributed by atoms with Crippen molar-refractivity contribution in [3.8, 4) is 0 Å². The lowest BCUT2D eigenvalue weighted by atomic mass is 10.0. The lowest BCUT2D eigenvalue weighted by Gasteiger charge is -2.37. The molecule has 1 unspecified atom stereocenters. The Bertz CT molecular complexity index is 186. The first-order valence-corrected chi connectivity index (χ1v) is 5.76. The van der Waals surface area contributed by atoms with Crippen LogP contribution in [0.5, 0.6) is 0 Å². The number of hydrogen-bond donors (Lipinski definition) is 1. The van der Waals surface area contributed by atoms with Gasteiger partial charge in [0.25, 0.3) is 0 Å². The number of ether oxygens (including phenoxy) is 1. The summed E-state index contributed by atoms with van der Waals surface area (Å²) in [4.78, 5) is 2.43. The molecule has 82 valence electrons. The Morgan fingerprint density at radius 2 is 2.07 bits per heavy atom. The Labute approximate surface area is 86.0 Å². The predicted octanol–water partition coefficient (Wildman–Crippen LogP) is 1.01. The third kappa shape index (κ3) is 2.10. The first-order chi connectivity index (χ1) is 6.81. The van der Waals surface area contributed by atoms with Crippen LogP contribution in [0.15, 0.2) is 0 Å². The number of nitrogens with zero attached hydrogens (tertiary/aromatic N) is 1. The number of methoxy groups -OCH3 is 1. The summed E-state index contributed by atoms with van der Waals surface area (Å²) in [5, 5.41) is 9.82. The van der Waals surface area contributed by atoms with E-state index in [-0.39, 0.29) is 6.10 Å². The molecule has 14 heavy (non-hydrogen) atoms. The van der Waals surface area contributed by atoms with E-state index in [0.717, 1.165) is 25.9 Å². The normalized spacial score (nSPS) is 40.3. The number of aliphatic hydroxyl groups is 1. The van der Waals surface area contributed by atoms with Gasteiger partial charge in [-0.2, -0.15) is 0 Å². The second-order valence-corrected chi connectivity index (χ2v) is 4.56. The molecule has 0 radical (unpaired) electrons. The molecule has 1 aliphatic heterocycles. The highest BCUT2D eigenvalue weighted by Crippen LogP contribution is 2.27. The molecule has 0 aromatic heterocycles. The molecular weight excluding hydrogens is 178 g/mol. The Kier molecular flexibility index (Phi) is 3.42. The van der Waals surface area contributed by atoms with Crippen LogP contribution in [0.3, 0.4) is 0 Å². The largest absolute Gasteiger partial charge is 0.391 e. The highest BCUT2D eigenvalue weighted by molar-refractivity contribution is 4.88. The van der Waals surface area contributed by atoms with E-state index in [2.05, 4.69) is 4.90 Å². The van der Waals surface area contributed by atoms with E-state index in [4.69, 9.17) is 4.74 Å². The second-order valence-electron chi connectivity index (χ2n) is 4.56. The van der Waals surface area contributed by atoms with E-state index in [9.17, 15) is 5.11 Å².